The molecule has 1 N–H and O–H groups in total. The zero-order chi connectivity index (χ0) is 18.7. The van der Waals surface area contributed by atoms with E-state index in [1.807, 2.05) is 45.0 Å². The lowest BCUT2D eigenvalue weighted by Crippen LogP contribution is -2.52. The second-order valence-electron chi connectivity index (χ2n) is 6.89. The zero-order valence-corrected chi connectivity index (χ0v) is 17.0. The van der Waals surface area contributed by atoms with Crippen LogP contribution in [0.15, 0.2) is 33.3 Å². The van der Waals surface area contributed by atoms with Gasteiger partial charge in [-0.3, -0.25) is 14.6 Å². The average molecular weight is 421 g/mol. The van der Waals surface area contributed by atoms with E-state index in [1.54, 1.807) is 0 Å². The van der Waals surface area contributed by atoms with Crippen molar-refractivity contribution < 1.29 is 9.32 Å². The van der Waals surface area contributed by atoms with E-state index >= 15 is 0 Å². The number of hydrogen-bond donors (Lipinski definition) is 1. The Morgan fingerprint density at radius 3 is 2.62 bits per heavy atom. The molecule has 6 nitrogen and oxygen atoms in total. The number of rotatable bonds is 5. The molecule has 7 heteroatoms. The van der Waals surface area contributed by atoms with E-state index in [1.165, 1.54) is 0 Å². The second-order valence-corrected chi connectivity index (χ2v) is 7.74. The van der Waals surface area contributed by atoms with Crippen LogP contribution >= 0.6 is 15.9 Å². The van der Waals surface area contributed by atoms with Crippen molar-refractivity contribution >= 4 is 27.5 Å². The fraction of sp³-hybridized carbons (Fsp3) is 0.474. The van der Waals surface area contributed by atoms with Gasteiger partial charge in [-0.25, -0.2) is 0 Å². The first-order chi connectivity index (χ1) is 12.4. The lowest BCUT2D eigenvalue weighted by molar-refractivity contribution is -0.121. The molecule has 1 aromatic heterocycles. The van der Waals surface area contributed by atoms with Crippen molar-refractivity contribution in [3.8, 4) is 0 Å². The molecular weight excluding hydrogens is 396 g/mol. The number of aryl methyl sites for hydroxylation is 2. The quantitative estimate of drug-likeness (QED) is 0.804. The van der Waals surface area contributed by atoms with E-state index in [4.69, 9.17) is 4.52 Å². The third kappa shape index (κ3) is 4.72. The highest BCUT2D eigenvalue weighted by molar-refractivity contribution is 9.10. The molecule has 0 bridgehead atoms. The Bertz CT molecular complexity index is 769. The summed E-state index contributed by atoms with van der Waals surface area (Å²) >= 11 is 3.51. The van der Waals surface area contributed by atoms with E-state index in [0.717, 1.165) is 59.9 Å². The molecule has 1 aliphatic rings. The van der Waals surface area contributed by atoms with Crippen LogP contribution in [0.1, 0.15) is 23.9 Å². The first kappa shape index (κ1) is 19.1. The SMILES string of the molecule is Cc1ccc(NC(=O)C(C)N2CCN(Cc3cc(C)on3)CC2)c(Br)c1. The number of amides is 1. The van der Waals surface area contributed by atoms with Gasteiger partial charge in [-0.15, -0.1) is 0 Å². The Morgan fingerprint density at radius 2 is 2.00 bits per heavy atom. The Balaban J connectivity index is 1.51. The molecule has 0 aliphatic carbocycles. The van der Waals surface area contributed by atoms with Crippen molar-refractivity contribution in [3.05, 3.63) is 45.8 Å². The third-order valence-electron chi connectivity index (χ3n) is 4.78. The molecule has 2 heterocycles. The van der Waals surface area contributed by atoms with Gasteiger partial charge in [-0.2, -0.15) is 0 Å². The predicted octanol–water partition coefficient (Wildman–Crippen LogP) is 3.20. The number of carbonyl (C=O) groups is 1. The van der Waals surface area contributed by atoms with E-state index in [0.29, 0.717) is 0 Å². The molecule has 1 fully saturated rings. The summed E-state index contributed by atoms with van der Waals surface area (Å²) in [7, 11) is 0. The minimum absolute atomic E-state index is 0.0233. The van der Waals surface area contributed by atoms with Crippen LogP contribution in [0.4, 0.5) is 5.69 Å². The molecule has 1 saturated heterocycles. The summed E-state index contributed by atoms with van der Waals surface area (Å²) in [5.74, 6) is 0.862. The lowest BCUT2D eigenvalue weighted by Gasteiger charge is -2.37. The van der Waals surface area contributed by atoms with Crippen molar-refractivity contribution in [2.45, 2.75) is 33.4 Å². The number of halogens is 1. The van der Waals surface area contributed by atoms with Crippen molar-refractivity contribution in [2.24, 2.45) is 0 Å². The molecule has 1 aromatic carbocycles. The van der Waals surface area contributed by atoms with Gasteiger partial charge >= 0.3 is 0 Å². The van der Waals surface area contributed by atoms with Crippen molar-refractivity contribution in [2.75, 3.05) is 31.5 Å². The first-order valence-electron chi connectivity index (χ1n) is 8.88. The van der Waals surface area contributed by atoms with Crippen LogP contribution in [-0.2, 0) is 11.3 Å². The fourth-order valence-corrected chi connectivity index (χ4v) is 3.75. The number of benzene rings is 1. The van der Waals surface area contributed by atoms with Crippen molar-refractivity contribution in [1.29, 1.82) is 0 Å². The molecule has 1 atom stereocenters. The largest absolute Gasteiger partial charge is 0.361 e. The summed E-state index contributed by atoms with van der Waals surface area (Å²) in [6.07, 6.45) is 0. The van der Waals surface area contributed by atoms with E-state index in [-0.39, 0.29) is 11.9 Å². The molecule has 1 aliphatic heterocycles. The molecule has 1 unspecified atom stereocenters. The number of hydrogen-bond acceptors (Lipinski definition) is 5. The minimum atomic E-state index is -0.167. The summed E-state index contributed by atoms with van der Waals surface area (Å²) in [6, 6.07) is 7.74. The molecular formula is C19H25BrN4O2. The van der Waals surface area contributed by atoms with Gasteiger partial charge in [0.1, 0.15) is 5.76 Å². The predicted molar refractivity (Wildman–Crippen MR) is 105 cm³/mol. The lowest BCUT2D eigenvalue weighted by atomic mass is 10.2. The zero-order valence-electron chi connectivity index (χ0n) is 15.5. The molecule has 1 amide bonds. The van der Waals surface area contributed by atoms with Crippen LogP contribution < -0.4 is 5.32 Å². The highest BCUT2D eigenvalue weighted by atomic mass is 79.9. The van der Waals surface area contributed by atoms with Gasteiger partial charge in [-0.1, -0.05) is 11.2 Å². The number of aromatic nitrogens is 1. The second kappa shape index (κ2) is 8.33. The van der Waals surface area contributed by atoms with Crippen LogP contribution in [0.5, 0.6) is 0 Å². The number of nitrogens with zero attached hydrogens (tertiary/aromatic N) is 3. The van der Waals surface area contributed by atoms with Crippen LogP contribution in [0.2, 0.25) is 0 Å². The van der Waals surface area contributed by atoms with Gasteiger partial charge in [0.05, 0.1) is 17.4 Å². The van der Waals surface area contributed by atoms with E-state index in [2.05, 4.69) is 36.2 Å². The first-order valence-corrected chi connectivity index (χ1v) is 9.67. The monoisotopic (exact) mass is 420 g/mol. The Hall–Kier alpha value is -1.70. The highest BCUT2D eigenvalue weighted by Crippen LogP contribution is 2.24. The maximum atomic E-state index is 12.6. The minimum Gasteiger partial charge on any atom is -0.361 e. The topological polar surface area (TPSA) is 61.6 Å². The highest BCUT2D eigenvalue weighted by Gasteiger charge is 2.26. The maximum absolute atomic E-state index is 12.6. The van der Waals surface area contributed by atoms with Gasteiger partial charge in [0.15, 0.2) is 0 Å². The molecule has 140 valence electrons. The van der Waals surface area contributed by atoms with Crippen LogP contribution in [0.3, 0.4) is 0 Å². The van der Waals surface area contributed by atoms with Gasteiger partial charge in [0, 0.05) is 43.3 Å². The van der Waals surface area contributed by atoms with Crippen molar-refractivity contribution in [1.82, 2.24) is 15.0 Å². The van der Waals surface area contributed by atoms with Crippen LogP contribution in [-0.4, -0.2) is 53.1 Å². The van der Waals surface area contributed by atoms with Crippen LogP contribution in [0, 0.1) is 13.8 Å². The summed E-state index contributed by atoms with van der Waals surface area (Å²) in [4.78, 5) is 17.2. The number of carbonyl (C=O) groups excluding carboxylic acids is 1. The van der Waals surface area contributed by atoms with Crippen molar-refractivity contribution in [3.63, 3.8) is 0 Å². The standard InChI is InChI=1S/C19H25BrN4O2/c1-13-4-5-18(17(20)10-13)21-19(25)15(3)24-8-6-23(7-9-24)12-16-11-14(2)26-22-16/h4-5,10-11,15H,6-9,12H2,1-3H3,(H,21,25). The Labute approximate surface area is 162 Å². The smallest absolute Gasteiger partial charge is 0.241 e. The molecule has 0 radical (unpaired) electrons. The number of nitrogens with one attached hydrogen (secondary N) is 1. The summed E-state index contributed by atoms with van der Waals surface area (Å²) in [5, 5.41) is 7.08. The Kier molecular flexibility index (Phi) is 6.11. The number of piperazine rings is 1. The van der Waals surface area contributed by atoms with Gasteiger partial charge in [-0.05, 0) is 54.4 Å². The van der Waals surface area contributed by atoms with E-state index in [9.17, 15) is 4.79 Å². The summed E-state index contributed by atoms with van der Waals surface area (Å²) in [5.41, 5.74) is 2.93. The summed E-state index contributed by atoms with van der Waals surface area (Å²) < 4.78 is 6.03. The van der Waals surface area contributed by atoms with Gasteiger partial charge in [0.2, 0.25) is 5.91 Å². The third-order valence-corrected chi connectivity index (χ3v) is 5.43. The number of anilines is 1. The molecule has 2 aromatic rings. The molecule has 0 saturated carbocycles. The van der Waals surface area contributed by atoms with Gasteiger partial charge < -0.3 is 9.84 Å². The molecule has 3 rings (SSSR count). The molecule has 26 heavy (non-hydrogen) atoms. The fourth-order valence-electron chi connectivity index (χ4n) is 3.15. The summed E-state index contributed by atoms with van der Waals surface area (Å²) in [6.45, 7) is 10.2. The van der Waals surface area contributed by atoms with Crippen LogP contribution in [0.25, 0.3) is 0 Å². The molecule has 0 spiro atoms. The van der Waals surface area contributed by atoms with Gasteiger partial charge in [0.25, 0.3) is 0 Å². The average Bonchev–Trinajstić information content (AvgIpc) is 3.02. The Morgan fingerprint density at radius 1 is 1.27 bits per heavy atom. The normalized spacial score (nSPS) is 17.2. The maximum Gasteiger partial charge on any atom is 0.241 e. The van der Waals surface area contributed by atoms with E-state index < -0.39 is 0 Å².